The normalized spacial score (nSPS) is 17.0. The Morgan fingerprint density at radius 3 is 2.65 bits per heavy atom. The molecule has 0 aliphatic carbocycles. The van der Waals surface area contributed by atoms with Crippen LogP contribution in [0.2, 0.25) is 0 Å². The van der Waals surface area contributed by atoms with Gasteiger partial charge in [0.2, 0.25) is 11.7 Å². The maximum Gasteiger partial charge on any atom is 0.288 e. The molecule has 1 aliphatic rings. The van der Waals surface area contributed by atoms with E-state index in [1.807, 2.05) is 4.90 Å². The van der Waals surface area contributed by atoms with Gasteiger partial charge in [-0.3, -0.25) is 10.1 Å². The van der Waals surface area contributed by atoms with E-state index in [2.05, 4.69) is 10.1 Å². The van der Waals surface area contributed by atoms with E-state index in [1.54, 1.807) is 18.2 Å². The van der Waals surface area contributed by atoms with Crippen molar-refractivity contribution in [1.29, 1.82) is 0 Å². The van der Waals surface area contributed by atoms with Gasteiger partial charge in [-0.25, -0.2) is 12.8 Å². The number of sulfone groups is 1. The SMILES string of the molecule is CS(=O)(=O)c1cc(N2CCCC(c3nc(-c4ccc(F)cc4)no3)C2)ccc1[N+](=O)[O-]. The minimum atomic E-state index is -3.77. The summed E-state index contributed by atoms with van der Waals surface area (Å²) in [4.78, 5) is 16.6. The molecule has 1 aromatic heterocycles. The van der Waals surface area contributed by atoms with Crippen LogP contribution in [-0.2, 0) is 9.84 Å². The smallest absolute Gasteiger partial charge is 0.288 e. The van der Waals surface area contributed by atoms with Gasteiger partial charge in [-0.2, -0.15) is 4.98 Å². The van der Waals surface area contributed by atoms with Gasteiger partial charge >= 0.3 is 0 Å². The first-order chi connectivity index (χ1) is 14.7. The summed E-state index contributed by atoms with van der Waals surface area (Å²) in [7, 11) is -3.77. The molecule has 1 unspecified atom stereocenters. The van der Waals surface area contributed by atoms with Crippen molar-refractivity contribution in [2.75, 3.05) is 24.2 Å². The van der Waals surface area contributed by atoms with Gasteiger partial charge in [0.1, 0.15) is 10.7 Å². The number of aromatic nitrogens is 2. The first-order valence-corrected chi connectivity index (χ1v) is 11.4. The van der Waals surface area contributed by atoms with Gasteiger partial charge in [0.15, 0.2) is 9.84 Å². The lowest BCUT2D eigenvalue weighted by Crippen LogP contribution is -2.34. The molecule has 162 valence electrons. The standard InChI is InChI=1S/C20H19FN4O5S/c1-31(28,29)18-11-16(8-9-17(18)25(26)27)24-10-2-3-14(12-24)20-22-19(23-30-20)13-4-6-15(21)7-5-13/h4-9,11,14H,2-3,10,12H2,1H3. The molecule has 1 fully saturated rings. The fourth-order valence-corrected chi connectivity index (χ4v) is 4.54. The van der Waals surface area contributed by atoms with Gasteiger partial charge in [0.05, 0.1) is 10.8 Å². The van der Waals surface area contributed by atoms with Crippen LogP contribution in [0.5, 0.6) is 0 Å². The van der Waals surface area contributed by atoms with Crippen LogP contribution < -0.4 is 4.90 Å². The molecule has 1 atom stereocenters. The predicted octanol–water partition coefficient (Wildman–Crippen LogP) is 3.57. The van der Waals surface area contributed by atoms with Gasteiger partial charge in [-0.15, -0.1) is 0 Å². The van der Waals surface area contributed by atoms with E-state index in [1.165, 1.54) is 24.3 Å². The van der Waals surface area contributed by atoms with Crippen molar-refractivity contribution in [1.82, 2.24) is 10.1 Å². The van der Waals surface area contributed by atoms with Crippen molar-refractivity contribution >= 4 is 21.2 Å². The lowest BCUT2D eigenvalue weighted by atomic mass is 9.97. The van der Waals surface area contributed by atoms with Crippen molar-refractivity contribution in [2.24, 2.45) is 0 Å². The molecule has 11 heteroatoms. The molecule has 31 heavy (non-hydrogen) atoms. The van der Waals surface area contributed by atoms with Crippen molar-refractivity contribution in [2.45, 2.75) is 23.7 Å². The summed E-state index contributed by atoms with van der Waals surface area (Å²) in [6.07, 6.45) is 2.55. The number of anilines is 1. The molecule has 2 aromatic carbocycles. The molecular weight excluding hydrogens is 427 g/mol. The van der Waals surface area contributed by atoms with Gasteiger partial charge in [0.25, 0.3) is 5.69 Å². The highest BCUT2D eigenvalue weighted by atomic mass is 32.2. The molecule has 0 saturated carbocycles. The Bertz CT molecular complexity index is 1230. The third-order valence-corrected chi connectivity index (χ3v) is 6.35. The van der Waals surface area contributed by atoms with E-state index in [0.717, 1.165) is 19.1 Å². The first-order valence-electron chi connectivity index (χ1n) is 9.55. The summed E-state index contributed by atoms with van der Waals surface area (Å²) < 4.78 is 42.7. The number of nitro groups is 1. The molecule has 0 amide bonds. The highest BCUT2D eigenvalue weighted by Gasteiger charge is 2.29. The Morgan fingerprint density at radius 2 is 1.97 bits per heavy atom. The zero-order valence-electron chi connectivity index (χ0n) is 16.6. The molecule has 0 spiro atoms. The number of rotatable bonds is 5. The Hall–Kier alpha value is -3.34. The fraction of sp³-hybridized carbons (Fsp3) is 0.300. The highest BCUT2D eigenvalue weighted by Crippen LogP contribution is 2.34. The second-order valence-electron chi connectivity index (χ2n) is 7.43. The summed E-state index contributed by atoms with van der Waals surface area (Å²) >= 11 is 0. The third kappa shape index (κ3) is 4.41. The number of nitrogens with zero attached hydrogens (tertiary/aromatic N) is 4. The number of benzene rings is 2. The summed E-state index contributed by atoms with van der Waals surface area (Å²) in [6.45, 7) is 1.16. The molecule has 1 aliphatic heterocycles. The number of hydrogen-bond acceptors (Lipinski definition) is 8. The van der Waals surface area contributed by atoms with Crippen LogP contribution in [0.3, 0.4) is 0 Å². The molecule has 2 heterocycles. The molecule has 0 N–H and O–H groups in total. The second-order valence-corrected chi connectivity index (χ2v) is 9.41. The summed E-state index contributed by atoms with van der Waals surface area (Å²) in [5.41, 5.74) is 0.770. The average molecular weight is 446 g/mol. The molecule has 0 radical (unpaired) electrons. The monoisotopic (exact) mass is 446 g/mol. The quantitative estimate of drug-likeness (QED) is 0.431. The van der Waals surface area contributed by atoms with Crippen molar-refractivity contribution in [3.05, 3.63) is 64.3 Å². The van der Waals surface area contributed by atoms with Gasteiger partial charge in [-0.05, 0) is 49.2 Å². The molecule has 0 bridgehead atoms. The topological polar surface area (TPSA) is 119 Å². The van der Waals surface area contributed by atoms with Crippen LogP contribution >= 0.6 is 0 Å². The zero-order chi connectivity index (χ0) is 22.2. The first kappa shape index (κ1) is 20.9. The lowest BCUT2D eigenvalue weighted by molar-refractivity contribution is -0.387. The van der Waals surface area contributed by atoms with Gasteiger partial charge < -0.3 is 9.42 Å². The molecule has 4 rings (SSSR count). The Balaban J connectivity index is 1.58. The van der Waals surface area contributed by atoms with Crippen LogP contribution in [0, 0.1) is 15.9 Å². The van der Waals surface area contributed by atoms with Crippen LogP contribution in [0.4, 0.5) is 15.8 Å². The van der Waals surface area contributed by atoms with E-state index < -0.39 is 20.4 Å². The predicted molar refractivity (Wildman–Crippen MR) is 110 cm³/mol. The number of nitro benzene ring substituents is 1. The van der Waals surface area contributed by atoms with Gasteiger partial charge in [-0.1, -0.05) is 5.16 Å². The van der Waals surface area contributed by atoms with E-state index in [-0.39, 0.29) is 16.6 Å². The van der Waals surface area contributed by atoms with E-state index in [0.29, 0.717) is 36.1 Å². The average Bonchev–Trinajstić information content (AvgIpc) is 3.23. The van der Waals surface area contributed by atoms with Crippen LogP contribution in [0.15, 0.2) is 51.9 Å². The van der Waals surface area contributed by atoms with Crippen molar-refractivity contribution in [3.8, 4) is 11.4 Å². The molecule has 1 saturated heterocycles. The second kappa shape index (κ2) is 8.06. The molecule has 3 aromatic rings. The van der Waals surface area contributed by atoms with Crippen LogP contribution in [0.1, 0.15) is 24.7 Å². The lowest BCUT2D eigenvalue weighted by Gasteiger charge is -2.33. The summed E-state index contributed by atoms with van der Waals surface area (Å²) in [6, 6.07) is 9.89. The Labute approximate surface area is 177 Å². The molecular formula is C20H19FN4O5S. The third-order valence-electron chi connectivity index (χ3n) is 5.22. The number of halogens is 1. The van der Waals surface area contributed by atoms with E-state index >= 15 is 0 Å². The maximum atomic E-state index is 13.1. The molecule has 9 nitrogen and oxygen atoms in total. The van der Waals surface area contributed by atoms with E-state index in [9.17, 15) is 22.9 Å². The van der Waals surface area contributed by atoms with E-state index in [4.69, 9.17) is 4.52 Å². The summed E-state index contributed by atoms with van der Waals surface area (Å²) in [5.74, 6) is 0.357. The number of hydrogen-bond donors (Lipinski definition) is 0. The Morgan fingerprint density at radius 1 is 1.23 bits per heavy atom. The van der Waals surface area contributed by atoms with Gasteiger partial charge in [0, 0.05) is 36.7 Å². The van der Waals surface area contributed by atoms with Crippen molar-refractivity contribution < 1.29 is 22.3 Å². The van der Waals surface area contributed by atoms with Crippen LogP contribution in [-0.4, -0.2) is 42.8 Å². The fourth-order valence-electron chi connectivity index (χ4n) is 3.68. The largest absolute Gasteiger partial charge is 0.371 e. The Kier molecular flexibility index (Phi) is 5.44. The minimum absolute atomic E-state index is 0.0904. The maximum absolute atomic E-state index is 13.1. The minimum Gasteiger partial charge on any atom is -0.371 e. The summed E-state index contributed by atoms with van der Waals surface area (Å²) in [5, 5.41) is 15.2. The number of piperidine rings is 1. The zero-order valence-corrected chi connectivity index (χ0v) is 17.4. The highest BCUT2D eigenvalue weighted by molar-refractivity contribution is 7.90. The van der Waals surface area contributed by atoms with Crippen molar-refractivity contribution in [3.63, 3.8) is 0 Å². The van der Waals surface area contributed by atoms with Crippen LogP contribution in [0.25, 0.3) is 11.4 Å².